The number of rotatable bonds is 2. The zero-order valence-corrected chi connectivity index (χ0v) is 7.26. The maximum absolute atomic E-state index is 5.69. The minimum atomic E-state index is 0.891. The average Bonchev–Trinajstić information content (AvgIpc) is 1.94. The zero-order chi connectivity index (χ0) is 7.40. The van der Waals surface area contributed by atoms with Crippen LogP contribution in [0.15, 0.2) is 24.3 Å². The highest BCUT2D eigenvalue weighted by Crippen LogP contribution is 2.11. The lowest BCUT2D eigenvalue weighted by Gasteiger charge is -2.00. The maximum Gasteiger partial charge on any atom is 0.0346 e. The lowest BCUT2D eigenvalue weighted by molar-refractivity contribution is 1.17. The molecule has 0 radical (unpaired) electrons. The first-order chi connectivity index (χ1) is 4.84. The third-order valence-corrected chi connectivity index (χ3v) is 1.82. The SMILES string of the molecule is Nc1ccccc1CCBr. The summed E-state index contributed by atoms with van der Waals surface area (Å²) in [6.45, 7) is 0. The molecule has 0 aliphatic heterocycles. The summed E-state index contributed by atoms with van der Waals surface area (Å²) in [4.78, 5) is 0. The summed E-state index contributed by atoms with van der Waals surface area (Å²) < 4.78 is 0. The molecular weight excluding hydrogens is 190 g/mol. The Morgan fingerprint density at radius 2 is 2.00 bits per heavy atom. The minimum Gasteiger partial charge on any atom is -0.399 e. The molecule has 0 aromatic heterocycles. The van der Waals surface area contributed by atoms with Crippen LogP contribution in [0.2, 0.25) is 0 Å². The number of para-hydroxylation sites is 1. The van der Waals surface area contributed by atoms with Gasteiger partial charge < -0.3 is 5.73 Å². The van der Waals surface area contributed by atoms with E-state index >= 15 is 0 Å². The van der Waals surface area contributed by atoms with Gasteiger partial charge in [-0.25, -0.2) is 0 Å². The molecule has 1 aromatic carbocycles. The molecule has 0 heterocycles. The molecule has 2 heteroatoms. The Morgan fingerprint density at radius 1 is 1.30 bits per heavy atom. The quantitative estimate of drug-likeness (QED) is 0.574. The van der Waals surface area contributed by atoms with Gasteiger partial charge in [-0.3, -0.25) is 0 Å². The van der Waals surface area contributed by atoms with E-state index in [9.17, 15) is 0 Å². The van der Waals surface area contributed by atoms with E-state index in [2.05, 4.69) is 22.0 Å². The van der Waals surface area contributed by atoms with Gasteiger partial charge in [0.25, 0.3) is 0 Å². The Labute approximate surface area is 69.4 Å². The molecule has 1 nitrogen and oxygen atoms in total. The molecule has 2 N–H and O–H groups in total. The first-order valence-electron chi connectivity index (χ1n) is 3.24. The Hall–Kier alpha value is -0.500. The first-order valence-corrected chi connectivity index (χ1v) is 4.36. The summed E-state index contributed by atoms with van der Waals surface area (Å²) in [5.74, 6) is 0. The van der Waals surface area contributed by atoms with Crippen molar-refractivity contribution in [3.63, 3.8) is 0 Å². The molecule has 0 aliphatic carbocycles. The molecule has 0 unspecified atom stereocenters. The van der Waals surface area contributed by atoms with Crippen molar-refractivity contribution >= 4 is 21.6 Å². The maximum atomic E-state index is 5.69. The van der Waals surface area contributed by atoms with Gasteiger partial charge in [0.2, 0.25) is 0 Å². The second kappa shape index (κ2) is 3.62. The summed E-state index contributed by atoms with van der Waals surface area (Å²) in [7, 11) is 0. The van der Waals surface area contributed by atoms with Gasteiger partial charge >= 0.3 is 0 Å². The standard InChI is InChI=1S/C8H10BrN/c9-6-5-7-3-1-2-4-8(7)10/h1-4H,5-6,10H2. The summed E-state index contributed by atoms with van der Waals surface area (Å²) in [6.07, 6.45) is 1.01. The lowest BCUT2D eigenvalue weighted by atomic mass is 10.1. The van der Waals surface area contributed by atoms with Gasteiger partial charge in [0.05, 0.1) is 0 Å². The van der Waals surface area contributed by atoms with Crippen LogP contribution in [0.25, 0.3) is 0 Å². The van der Waals surface area contributed by atoms with Gasteiger partial charge in [-0.2, -0.15) is 0 Å². The number of halogens is 1. The van der Waals surface area contributed by atoms with Crippen LogP contribution in [0.1, 0.15) is 5.56 Å². The molecule has 0 saturated carbocycles. The highest BCUT2D eigenvalue weighted by atomic mass is 79.9. The summed E-state index contributed by atoms with van der Waals surface area (Å²) in [6, 6.07) is 7.94. The number of benzene rings is 1. The van der Waals surface area contributed by atoms with Gasteiger partial charge in [0.1, 0.15) is 0 Å². The van der Waals surface area contributed by atoms with Gasteiger partial charge in [0.15, 0.2) is 0 Å². The minimum absolute atomic E-state index is 0.891. The molecule has 0 aliphatic rings. The van der Waals surface area contributed by atoms with Gasteiger partial charge in [-0.1, -0.05) is 34.1 Å². The summed E-state index contributed by atoms with van der Waals surface area (Å²) in [5, 5.41) is 0.973. The van der Waals surface area contributed by atoms with Crippen LogP contribution in [0.3, 0.4) is 0 Å². The van der Waals surface area contributed by atoms with Crippen molar-refractivity contribution in [2.45, 2.75) is 6.42 Å². The van der Waals surface area contributed by atoms with Crippen LogP contribution in [0.4, 0.5) is 5.69 Å². The van der Waals surface area contributed by atoms with Crippen LogP contribution in [0.5, 0.6) is 0 Å². The Morgan fingerprint density at radius 3 is 2.60 bits per heavy atom. The van der Waals surface area contributed by atoms with Crippen molar-refractivity contribution in [2.75, 3.05) is 11.1 Å². The molecule has 10 heavy (non-hydrogen) atoms. The topological polar surface area (TPSA) is 26.0 Å². The van der Waals surface area contributed by atoms with E-state index in [0.717, 1.165) is 17.4 Å². The number of hydrogen-bond donors (Lipinski definition) is 1. The number of aryl methyl sites for hydroxylation is 1. The Kier molecular flexibility index (Phi) is 2.75. The molecule has 0 saturated heterocycles. The fourth-order valence-corrected chi connectivity index (χ4v) is 1.29. The van der Waals surface area contributed by atoms with E-state index in [0.29, 0.717) is 0 Å². The zero-order valence-electron chi connectivity index (χ0n) is 5.68. The van der Waals surface area contributed by atoms with Crippen molar-refractivity contribution in [3.05, 3.63) is 29.8 Å². The largest absolute Gasteiger partial charge is 0.399 e. The molecule has 0 bridgehead atoms. The van der Waals surface area contributed by atoms with Crippen molar-refractivity contribution in [3.8, 4) is 0 Å². The smallest absolute Gasteiger partial charge is 0.0346 e. The molecule has 54 valence electrons. The van der Waals surface area contributed by atoms with E-state index < -0.39 is 0 Å². The van der Waals surface area contributed by atoms with Crippen molar-refractivity contribution in [1.29, 1.82) is 0 Å². The van der Waals surface area contributed by atoms with Crippen LogP contribution in [0, 0.1) is 0 Å². The fraction of sp³-hybridized carbons (Fsp3) is 0.250. The number of nitrogens with two attached hydrogens (primary N) is 1. The molecular formula is C8H10BrN. The van der Waals surface area contributed by atoms with Crippen LogP contribution in [-0.4, -0.2) is 5.33 Å². The number of nitrogen functional groups attached to an aromatic ring is 1. The normalized spacial score (nSPS) is 9.70. The molecule has 0 amide bonds. The van der Waals surface area contributed by atoms with Gasteiger partial charge in [0, 0.05) is 11.0 Å². The number of hydrogen-bond acceptors (Lipinski definition) is 1. The predicted molar refractivity (Wildman–Crippen MR) is 48.4 cm³/mol. The fourth-order valence-electron chi connectivity index (χ4n) is 0.864. The lowest BCUT2D eigenvalue weighted by Crippen LogP contribution is -1.93. The van der Waals surface area contributed by atoms with E-state index in [4.69, 9.17) is 5.73 Å². The average molecular weight is 200 g/mol. The van der Waals surface area contributed by atoms with E-state index in [1.807, 2.05) is 18.2 Å². The van der Waals surface area contributed by atoms with Crippen molar-refractivity contribution in [2.24, 2.45) is 0 Å². The third-order valence-electron chi connectivity index (χ3n) is 1.42. The van der Waals surface area contributed by atoms with E-state index in [-0.39, 0.29) is 0 Å². The summed E-state index contributed by atoms with van der Waals surface area (Å²) in [5.41, 5.74) is 7.80. The number of alkyl halides is 1. The van der Waals surface area contributed by atoms with E-state index in [1.165, 1.54) is 5.56 Å². The first kappa shape index (κ1) is 7.61. The Balaban J connectivity index is 2.81. The van der Waals surface area contributed by atoms with Crippen LogP contribution < -0.4 is 5.73 Å². The van der Waals surface area contributed by atoms with Crippen molar-refractivity contribution in [1.82, 2.24) is 0 Å². The van der Waals surface area contributed by atoms with Gasteiger partial charge in [-0.15, -0.1) is 0 Å². The van der Waals surface area contributed by atoms with Crippen LogP contribution >= 0.6 is 15.9 Å². The molecule has 1 aromatic rings. The predicted octanol–water partition coefficient (Wildman–Crippen LogP) is 2.21. The number of anilines is 1. The summed E-state index contributed by atoms with van der Waals surface area (Å²) >= 11 is 3.36. The van der Waals surface area contributed by atoms with E-state index in [1.54, 1.807) is 0 Å². The van der Waals surface area contributed by atoms with Crippen molar-refractivity contribution < 1.29 is 0 Å². The molecule has 0 atom stereocenters. The third kappa shape index (κ3) is 1.74. The Bertz CT molecular complexity index is 210. The van der Waals surface area contributed by atoms with Crippen LogP contribution in [-0.2, 0) is 6.42 Å². The monoisotopic (exact) mass is 199 g/mol. The molecule has 1 rings (SSSR count). The highest BCUT2D eigenvalue weighted by Gasteiger charge is 1.93. The molecule has 0 spiro atoms. The highest BCUT2D eigenvalue weighted by molar-refractivity contribution is 9.09. The van der Waals surface area contributed by atoms with Gasteiger partial charge in [-0.05, 0) is 18.1 Å². The second-order valence-electron chi connectivity index (χ2n) is 2.14. The second-order valence-corrected chi connectivity index (χ2v) is 2.93. The molecule has 0 fully saturated rings.